The van der Waals surface area contributed by atoms with Gasteiger partial charge in [-0.1, -0.05) is 85.4 Å². The van der Waals surface area contributed by atoms with Crippen molar-refractivity contribution in [2.45, 2.75) is 6.82 Å². The highest BCUT2D eigenvalue weighted by Crippen LogP contribution is 2.50. The van der Waals surface area contributed by atoms with Crippen molar-refractivity contribution in [2.75, 3.05) is 19.2 Å². The first-order valence-corrected chi connectivity index (χ1v) is 14.9. The minimum Gasteiger partial charge on any atom is -0.370 e. The molecule has 3 heterocycles. The lowest BCUT2D eigenvalue weighted by molar-refractivity contribution is 1.40. The molecule has 0 aliphatic carbocycles. The molecule has 0 spiro atoms. The third-order valence-corrected chi connectivity index (χ3v) is 9.33. The summed E-state index contributed by atoms with van der Waals surface area (Å²) in [6, 6.07) is 35.8. The average molecular weight is 550 g/mol. The van der Waals surface area contributed by atoms with Crippen molar-refractivity contribution < 1.29 is 0 Å². The van der Waals surface area contributed by atoms with Crippen LogP contribution >= 0.6 is 0 Å². The van der Waals surface area contributed by atoms with Gasteiger partial charge in [-0.25, -0.2) is 0 Å². The van der Waals surface area contributed by atoms with Gasteiger partial charge < -0.3 is 19.2 Å². The van der Waals surface area contributed by atoms with Crippen LogP contribution in [0.5, 0.6) is 0 Å². The maximum Gasteiger partial charge on any atom is 0.412 e. The van der Waals surface area contributed by atoms with Crippen LogP contribution in [0.2, 0.25) is 6.82 Å². The van der Waals surface area contributed by atoms with Crippen LogP contribution in [0.4, 0.5) is 34.1 Å². The minimum absolute atomic E-state index is 0.105. The average Bonchev–Trinajstić information content (AvgIpc) is 3.53. The summed E-state index contributed by atoms with van der Waals surface area (Å²) in [5, 5.41) is 7.72. The second-order valence-electron chi connectivity index (χ2n) is 11.5. The summed E-state index contributed by atoms with van der Waals surface area (Å²) in [4.78, 5) is 9.66. The molecule has 6 aromatic carbocycles. The van der Waals surface area contributed by atoms with Crippen LogP contribution in [0.25, 0.3) is 32.3 Å². The van der Waals surface area contributed by atoms with E-state index in [2.05, 4.69) is 160 Å². The second kappa shape index (κ2) is 9.07. The van der Waals surface area contributed by atoms with Crippen molar-refractivity contribution in [3.63, 3.8) is 0 Å². The summed E-state index contributed by atoms with van der Waals surface area (Å²) >= 11 is 0. The first-order chi connectivity index (χ1) is 21.2. The van der Waals surface area contributed by atoms with E-state index in [9.17, 15) is 0 Å². The molecule has 3 aliphatic rings. The normalized spacial score (nSPS) is 15.6. The lowest BCUT2D eigenvalue weighted by Crippen LogP contribution is -2.42. The standard InChI is InChI=1S/C37H28B2N4/c1-3-4-24-40-32-11-5-7-13-34(32)42(38(40)2)30-21-17-26-16-20-29-31(22-18-27-15-19-28(30)36(26)37(27)29)43-35-14-8-6-12-33(35)41-25-10-9-23-39(41)43/h3-25H,1H2,2H3/b24-4-. The fourth-order valence-electron chi connectivity index (χ4n) is 7.51. The van der Waals surface area contributed by atoms with Crippen LogP contribution < -0.4 is 19.2 Å². The van der Waals surface area contributed by atoms with E-state index in [1.165, 1.54) is 66.4 Å². The maximum atomic E-state index is 3.90. The Morgan fingerprint density at radius 1 is 0.605 bits per heavy atom. The monoisotopic (exact) mass is 550 g/mol. The molecule has 0 aromatic heterocycles. The Morgan fingerprint density at radius 2 is 1.19 bits per heavy atom. The van der Waals surface area contributed by atoms with Gasteiger partial charge in [0.25, 0.3) is 0 Å². The van der Waals surface area contributed by atoms with E-state index in [0.29, 0.717) is 0 Å². The van der Waals surface area contributed by atoms with E-state index in [1.807, 2.05) is 12.2 Å². The molecule has 0 amide bonds. The lowest BCUT2D eigenvalue weighted by atomic mass is 9.71. The van der Waals surface area contributed by atoms with Crippen molar-refractivity contribution in [1.82, 2.24) is 0 Å². The summed E-state index contributed by atoms with van der Waals surface area (Å²) in [6.07, 6.45) is 12.4. The fourth-order valence-corrected chi connectivity index (χ4v) is 7.51. The molecule has 0 saturated heterocycles. The third kappa shape index (κ3) is 3.29. The van der Waals surface area contributed by atoms with Crippen molar-refractivity contribution in [3.05, 3.63) is 146 Å². The van der Waals surface area contributed by atoms with Gasteiger partial charge in [0.1, 0.15) is 0 Å². The van der Waals surface area contributed by atoms with Crippen LogP contribution in [0.3, 0.4) is 0 Å². The molecule has 0 fully saturated rings. The highest BCUT2D eigenvalue weighted by Gasteiger charge is 2.40. The predicted molar refractivity (Wildman–Crippen MR) is 187 cm³/mol. The van der Waals surface area contributed by atoms with Gasteiger partial charge in [0.05, 0.1) is 22.7 Å². The molecule has 0 bridgehead atoms. The largest absolute Gasteiger partial charge is 0.412 e. The highest BCUT2D eigenvalue weighted by atomic mass is 15.3. The number of allylic oxidation sites excluding steroid dienone is 4. The third-order valence-electron chi connectivity index (χ3n) is 9.33. The zero-order valence-corrected chi connectivity index (χ0v) is 23.9. The number of anilines is 6. The molecule has 3 aliphatic heterocycles. The van der Waals surface area contributed by atoms with Crippen LogP contribution in [0.15, 0.2) is 146 Å². The van der Waals surface area contributed by atoms with E-state index in [4.69, 9.17) is 0 Å². The molecule has 202 valence electrons. The number of para-hydroxylation sites is 4. The number of hydrogen-bond donors (Lipinski definition) is 0. The van der Waals surface area contributed by atoms with E-state index in [1.54, 1.807) is 0 Å². The van der Waals surface area contributed by atoms with Crippen molar-refractivity contribution >= 4 is 80.4 Å². The van der Waals surface area contributed by atoms with E-state index < -0.39 is 0 Å². The molecular weight excluding hydrogens is 522 g/mol. The fraction of sp³-hybridized carbons (Fsp3) is 0.0270. The Bertz CT molecular complexity index is 2180. The topological polar surface area (TPSA) is 13.0 Å². The van der Waals surface area contributed by atoms with Gasteiger partial charge in [0, 0.05) is 22.1 Å². The Kier molecular flexibility index (Phi) is 5.12. The molecule has 0 N–H and O–H groups in total. The van der Waals surface area contributed by atoms with Crippen molar-refractivity contribution in [3.8, 4) is 0 Å². The summed E-state index contributed by atoms with van der Waals surface area (Å²) in [7, 11) is 0. The number of benzene rings is 6. The first-order valence-electron chi connectivity index (χ1n) is 14.9. The maximum absolute atomic E-state index is 3.90. The number of nitrogens with zero attached hydrogens (tertiary/aromatic N) is 4. The molecule has 0 radical (unpaired) electrons. The number of fused-ring (bicyclic) bond motifs is 4. The number of hydrogen-bond acceptors (Lipinski definition) is 4. The highest BCUT2D eigenvalue weighted by molar-refractivity contribution is 6.77. The van der Waals surface area contributed by atoms with E-state index >= 15 is 0 Å². The molecule has 43 heavy (non-hydrogen) atoms. The van der Waals surface area contributed by atoms with Crippen LogP contribution in [-0.2, 0) is 0 Å². The summed E-state index contributed by atoms with van der Waals surface area (Å²) in [6.45, 7) is 6.38. The second-order valence-corrected chi connectivity index (χ2v) is 11.5. The molecule has 4 nitrogen and oxygen atoms in total. The molecule has 0 saturated carbocycles. The van der Waals surface area contributed by atoms with Gasteiger partial charge in [0.15, 0.2) is 0 Å². The van der Waals surface area contributed by atoms with Gasteiger partial charge in [-0.15, -0.1) is 0 Å². The SMILES string of the molecule is C=C/C=C\N1B(C)N(c2ccc3ccc4c(N5B6C=CC=CN6c6ccccc65)ccc5ccc2c3c54)c2ccccc21. The van der Waals surface area contributed by atoms with E-state index in [-0.39, 0.29) is 14.0 Å². The minimum atomic E-state index is 0.105. The van der Waals surface area contributed by atoms with Crippen LogP contribution in [0.1, 0.15) is 0 Å². The Hall–Kier alpha value is -5.35. The van der Waals surface area contributed by atoms with Crippen LogP contribution in [-0.4, -0.2) is 14.0 Å². The Balaban J connectivity index is 1.28. The summed E-state index contributed by atoms with van der Waals surface area (Å²) < 4.78 is 0. The van der Waals surface area contributed by atoms with Gasteiger partial charge in [0.2, 0.25) is 0 Å². The smallest absolute Gasteiger partial charge is 0.370 e. The summed E-state index contributed by atoms with van der Waals surface area (Å²) in [5.74, 6) is 2.29. The summed E-state index contributed by atoms with van der Waals surface area (Å²) in [5.41, 5.74) is 7.33. The molecule has 6 heteroatoms. The quantitative estimate of drug-likeness (QED) is 0.123. The molecule has 6 aromatic rings. The van der Waals surface area contributed by atoms with Crippen LogP contribution in [0, 0.1) is 0 Å². The molecule has 0 unspecified atom stereocenters. The van der Waals surface area contributed by atoms with E-state index in [0.717, 1.165) is 0 Å². The van der Waals surface area contributed by atoms with Crippen molar-refractivity contribution in [1.29, 1.82) is 0 Å². The molecule has 0 atom stereocenters. The zero-order chi connectivity index (χ0) is 28.7. The molecular formula is C37H28B2N4. The van der Waals surface area contributed by atoms with Gasteiger partial charge in [-0.3, -0.25) is 0 Å². The van der Waals surface area contributed by atoms with Gasteiger partial charge in [-0.05, 0) is 89.3 Å². The van der Waals surface area contributed by atoms with Gasteiger partial charge in [-0.2, -0.15) is 0 Å². The van der Waals surface area contributed by atoms with Crippen molar-refractivity contribution in [2.24, 2.45) is 0 Å². The Morgan fingerprint density at radius 3 is 1.86 bits per heavy atom. The molecule has 9 rings (SSSR count). The Labute approximate surface area is 252 Å². The predicted octanol–water partition coefficient (Wildman–Crippen LogP) is 9.43. The zero-order valence-electron chi connectivity index (χ0n) is 23.9. The number of rotatable bonds is 4. The van der Waals surface area contributed by atoms with Gasteiger partial charge >= 0.3 is 14.0 Å². The lowest BCUT2D eigenvalue weighted by Gasteiger charge is -2.29. The first kappa shape index (κ1) is 24.3.